The molecular formula is C18H18F2N2O2. The Bertz CT molecular complexity index is 725. The van der Waals surface area contributed by atoms with Gasteiger partial charge in [-0.3, -0.25) is 4.90 Å². The minimum absolute atomic E-state index is 0.221. The number of nitrogens with one attached hydrogen (secondary N) is 1. The topological polar surface area (TPSA) is 52.6 Å². The Kier molecular flexibility index (Phi) is 4.76. The fraction of sp³-hybridized carbons (Fsp3) is 0.278. The lowest BCUT2D eigenvalue weighted by Crippen LogP contribution is -2.35. The number of anilines is 1. The van der Waals surface area contributed by atoms with Crippen molar-refractivity contribution in [3.63, 3.8) is 0 Å². The summed E-state index contributed by atoms with van der Waals surface area (Å²) >= 11 is 0. The van der Waals surface area contributed by atoms with Crippen LogP contribution in [0.15, 0.2) is 42.5 Å². The molecule has 0 aliphatic carbocycles. The summed E-state index contributed by atoms with van der Waals surface area (Å²) < 4.78 is 27.1. The van der Waals surface area contributed by atoms with Crippen LogP contribution in [0.4, 0.5) is 19.3 Å². The average molecular weight is 332 g/mol. The summed E-state index contributed by atoms with van der Waals surface area (Å²) in [6, 6.07) is 9.99. The van der Waals surface area contributed by atoms with Crippen LogP contribution in [0.1, 0.15) is 6.42 Å². The summed E-state index contributed by atoms with van der Waals surface area (Å²) in [7, 11) is 0. The van der Waals surface area contributed by atoms with Gasteiger partial charge < -0.3 is 10.4 Å². The van der Waals surface area contributed by atoms with Crippen LogP contribution in [0.5, 0.6) is 0 Å². The Morgan fingerprint density at radius 1 is 1.21 bits per heavy atom. The molecule has 1 fully saturated rings. The molecule has 2 aromatic carbocycles. The second-order valence-electron chi connectivity index (χ2n) is 5.93. The summed E-state index contributed by atoms with van der Waals surface area (Å²) in [6.45, 7) is 1.98. The lowest BCUT2D eigenvalue weighted by Gasteiger charge is -2.25. The van der Waals surface area contributed by atoms with E-state index in [2.05, 4.69) is 5.32 Å². The van der Waals surface area contributed by atoms with E-state index < -0.39 is 17.7 Å². The summed E-state index contributed by atoms with van der Waals surface area (Å²) in [5.74, 6) is -1.17. The SMILES string of the molecule is O=C(O)N(CC1CCNC1)c1ccccc1-c1cc(F)cc(F)c1. The molecule has 4 nitrogen and oxygen atoms in total. The van der Waals surface area contributed by atoms with Crippen molar-refractivity contribution in [1.29, 1.82) is 0 Å². The number of para-hydroxylation sites is 1. The molecule has 1 aliphatic heterocycles. The first kappa shape index (κ1) is 16.4. The van der Waals surface area contributed by atoms with E-state index in [9.17, 15) is 18.7 Å². The molecule has 1 amide bonds. The monoisotopic (exact) mass is 332 g/mol. The first-order valence-electron chi connectivity index (χ1n) is 7.81. The second-order valence-corrected chi connectivity index (χ2v) is 5.93. The fourth-order valence-electron chi connectivity index (χ4n) is 3.07. The molecule has 126 valence electrons. The van der Waals surface area contributed by atoms with Gasteiger partial charge in [0, 0.05) is 18.2 Å². The molecule has 24 heavy (non-hydrogen) atoms. The number of carbonyl (C=O) groups is 1. The Labute approximate surface area is 138 Å². The van der Waals surface area contributed by atoms with Gasteiger partial charge in [-0.15, -0.1) is 0 Å². The third-order valence-corrected chi connectivity index (χ3v) is 4.20. The van der Waals surface area contributed by atoms with E-state index in [1.165, 1.54) is 17.0 Å². The van der Waals surface area contributed by atoms with E-state index in [0.29, 0.717) is 23.4 Å². The molecule has 2 N–H and O–H groups in total. The van der Waals surface area contributed by atoms with Gasteiger partial charge in [0.2, 0.25) is 0 Å². The predicted molar refractivity (Wildman–Crippen MR) is 88.1 cm³/mol. The molecule has 0 radical (unpaired) electrons. The lowest BCUT2D eigenvalue weighted by molar-refractivity contribution is 0.200. The smallest absolute Gasteiger partial charge is 0.411 e. The molecule has 1 unspecified atom stereocenters. The number of benzene rings is 2. The first-order valence-corrected chi connectivity index (χ1v) is 7.81. The largest absolute Gasteiger partial charge is 0.465 e. The molecule has 0 aromatic heterocycles. The summed E-state index contributed by atoms with van der Waals surface area (Å²) in [5.41, 5.74) is 1.24. The Balaban J connectivity index is 2.01. The van der Waals surface area contributed by atoms with Crippen molar-refractivity contribution >= 4 is 11.8 Å². The third-order valence-electron chi connectivity index (χ3n) is 4.20. The highest BCUT2D eigenvalue weighted by molar-refractivity contribution is 5.92. The summed E-state index contributed by atoms with van der Waals surface area (Å²) in [6.07, 6.45) is -0.174. The normalized spacial score (nSPS) is 17.0. The number of nitrogens with zero attached hydrogens (tertiary/aromatic N) is 1. The quantitative estimate of drug-likeness (QED) is 0.897. The minimum atomic E-state index is -1.08. The molecule has 2 aromatic rings. The highest BCUT2D eigenvalue weighted by atomic mass is 19.1. The first-order chi connectivity index (χ1) is 11.5. The third kappa shape index (κ3) is 3.54. The van der Waals surface area contributed by atoms with Crippen LogP contribution in [0, 0.1) is 17.6 Å². The maximum atomic E-state index is 13.6. The number of halogens is 2. The lowest BCUT2D eigenvalue weighted by atomic mass is 10.0. The zero-order chi connectivity index (χ0) is 17.1. The van der Waals surface area contributed by atoms with E-state index in [4.69, 9.17) is 0 Å². The van der Waals surface area contributed by atoms with E-state index in [1.807, 2.05) is 0 Å². The maximum Gasteiger partial charge on any atom is 0.411 e. The molecule has 1 heterocycles. The summed E-state index contributed by atoms with van der Waals surface area (Å²) in [5, 5.41) is 12.8. The number of hydrogen-bond acceptors (Lipinski definition) is 2. The fourth-order valence-corrected chi connectivity index (χ4v) is 3.07. The van der Waals surface area contributed by atoms with Crippen molar-refractivity contribution in [2.45, 2.75) is 6.42 Å². The zero-order valence-corrected chi connectivity index (χ0v) is 13.0. The molecule has 0 saturated carbocycles. The Morgan fingerprint density at radius 2 is 1.92 bits per heavy atom. The highest BCUT2D eigenvalue weighted by Gasteiger charge is 2.24. The Morgan fingerprint density at radius 3 is 2.54 bits per heavy atom. The zero-order valence-electron chi connectivity index (χ0n) is 13.0. The van der Waals surface area contributed by atoms with Gasteiger partial charge in [-0.2, -0.15) is 0 Å². The van der Waals surface area contributed by atoms with Gasteiger partial charge in [0.15, 0.2) is 0 Å². The predicted octanol–water partition coefficient (Wildman–Crippen LogP) is 3.73. The van der Waals surface area contributed by atoms with Crippen molar-refractivity contribution in [2.24, 2.45) is 5.92 Å². The van der Waals surface area contributed by atoms with E-state index in [-0.39, 0.29) is 5.92 Å². The van der Waals surface area contributed by atoms with Gasteiger partial charge >= 0.3 is 6.09 Å². The van der Waals surface area contributed by atoms with Crippen molar-refractivity contribution in [3.8, 4) is 11.1 Å². The molecule has 1 atom stereocenters. The van der Waals surface area contributed by atoms with Gasteiger partial charge in [-0.25, -0.2) is 13.6 Å². The van der Waals surface area contributed by atoms with Gasteiger partial charge in [0.25, 0.3) is 0 Å². The Hall–Kier alpha value is -2.47. The number of rotatable bonds is 4. The van der Waals surface area contributed by atoms with Gasteiger partial charge in [0.05, 0.1) is 5.69 Å². The van der Waals surface area contributed by atoms with Crippen molar-refractivity contribution in [3.05, 3.63) is 54.1 Å². The van der Waals surface area contributed by atoms with Crippen LogP contribution in [-0.4, -0.2) is 30.8 Å². The van der Waals surface area contributed by atoms with Crippen LogP contribution >= 0.6 is 0 Å². The van der Waals surface area contributed by atoms with Gasteiger partial charge in [-0.05, 0) is 49.2 Å². The molecular weight excluding hydrogens is 314 g/mol. The van der Waals surface area contributed by atoms with Gasteiger partial charge in [0.1, 0.15) is 11.6 Å². The molecule has 1 saturated heterocycles. The average Bonchev–Trinajstić information content (AvgIpc) is 3.04. The molecule has 6 heteroatoms. The maximum absolute atomic E-state index is 13.6. The number of carboxylic acid groups (broad SMARTS) is 1. The van der Waals surface area contributed by atoms with Crippen LogP contribution < -0.4 is 10.2 Å². The molecule has 3 rings (SSSR count). The summed E-state index contributed by atoms with van der Waals surface area (Å²) in [4.78, 5) is 13.0. The van der Waals surface area contributed by atoms with E-state index >= 15 is 0 Å². The van der Waals surface area contributed by atoms with Crippen molar-refractivity contribution in [1.82, 2.24) is 5.32 Å². The minimum Gasteiger partial charge on any atom is -0.465 e. The van der Waals surface area contributed by atoms with Crippen molar-refractivity contribution < 1.29 is 18.7 Å². The van der Waals surface area contributed by atoms with E-state index in [1.54, 1.807) is 24.3 Å². The van der Waals surface area contributed by atoms with Crippen LogP contribution in [0.2, 0.25) is 0 Å². The number of amides is 1. The second kappa shape index (κ2) is 6.97. The molecule has 0 spiro atoms. The highest BCUT2D eigenvalue weighted by Crippen LogP contribution is 2.32. The van der Waals surface area contributed by atoms with Gasteiger partial charge in [-0.1, -0.05) is 18.2 Å². The van der Waals surface area contributed by atoms with Crippen molar-refractivity contribution in [2.75, 3.05) is 24.5 Å². The standard InChI is InChI=1S/C18H18F2N2O2/c19-14-7-13(8-15(20)9-14)16-3-1-2-4-17(16)22(18(23)24)11-12-5-6-21-10-12/h1-4,7-9,12,21H,5-6,10-11H2,(H,23,24). The van der Waals surface area contributed by atoms with Crippen LogP contribution in [-0.2, 0) is 0 Å². The number of hydrogen-bond donors (Lipinski definition) is 2. The molecule has 0 bridgehead atoms. The molecule has 1 aliphatic rings. The van der Waals surface area contributed by atoms with Crippen LogP contribution in [0.3, 0.4) is 0 Å². The van der Waals surface area contributed by atoms with E-state index in [0.717, 1.165) is 25.6 Å². The van der Waals surface area contributed by atoms with Crippen LogP contribution in [0.25, 0.3) is 11.1 Å².